The van der Waals surface area contributed by atoms with Gasteiger partial charge in [0.1, 0.15) is 0 Å². The maximum absolute atomic E-state index is 11.9. The molecule has 1 aliphatic rings. The van der Waals surface area contributed by atoms with Crippen LogP contribution in [0.2, 0.25) is 0 Å². The van der Waals surface area contributed by atoms with E-state index in [0.29, 0.717) is 19.0 Å². The van der Waals surface area contributed by atoms with E-state index in [1.165, 1.54) is 0 Å². The molecule has 0 aromatic heterocycles. The highest BCUT2D eigenvalue weighted by molar-refractivity contribution is 5.95. The van der Waals surface area contributed by atoms with Crippen LogP contribution in [0, 0.1) is 5.92 Å². The Hall–Kier alpha value is -2.28. The number of imide groups is 1. The Morgan fingerprint density at radius 3 is 2.75 bits per heavy atom. The predicted molar refractivity (Wildman–Crippen MR) is 89.9 cm³/mol. The summed E-state index contributed by atoms with van der Waals surface area (Å²) in [5.41, 5.74) is 1.01. The predicted octanol–water partition coefficient (Wildman–Crippen LogP) is 1.72. The topological polar surface area (TPSA) is 79.9 Å². The van der Waals surface area contributed by atoms with Crippen molar-refractivity contribution in [1.29, 1.82) is 0 Å². The van der Waals surface area contributed by atoms with Crippen LogP contribution in [-0.2, 0) is 11.3 Å². The molecule has 7 nitrogen and oxygen atoms in total. The van der Waals surface area contributed by atoms with E-state index in [-0.39, 0.29) is 19.2 Å². The second-order valence-electron chi connectivity index (χ2n) is 6.35. The van der Waals surface area contributed by atoms with Gasteiger partial charge in [0.05, 0.1) is 6.54 Å². The third-order valence-corrected chi connectivity index (χ3v) is 3.56. The molecule has 3 amide bonds. The lowest BCUT2D eigenvalue weighted by Crippen LogP contribution is -2.44. The maximum Gasteiger partial charge on any atom is 0.321 e. The Bertz CT molecular complexity index is 589. The van der Waals surface area contributed by atoms with E-state index in [4.69, 9.17) is 9.47 Å². The molecule has 0 atom stereocenters. The summed E-state index contributed by atoms with van der Waals surface area (Å²) in [4.78, 5) is 25.3. The second kappa shape index (κ2) is 8.54. The SMILES string of the molecule is CC(C)CCNC(=O)NC(=O)CN(C)Cc1ccc2c(c1)OCO2. The Balaban J connectivity index is 1.72. The standard InChI is InChI=1S/C17H25N3O4/c1-12(2)6-7-18-17(22)19-16(21)10-20(3)9-13-4-5-14-15(8-13)24-11-23-14/h4-5,8,12H,6-7,9-11H2,1-3H3,(H2,18,19,21,22). The largest absolute Gasteiger partial charge is 0.454 e. The fourth-order valence-corrected chi connectivity index (χ4v) is 2.34. The molecule has 1 aromatic carbocycles. The number of hydrogen-bond donors (Lipinski definition) is 2. The zero-order valence-corrected chi connectivity index (χ0v) is 14.4. The first kappa shape index (κ1) is 18.1. The monoisotopic (exact) mass is 335 g/mol. The zero-order valence-electron chi connectivity index (χ0n) is 14.4. The molecule has 0 saturated heterocycles. The molecule has 0 unspecified atom stereocenters. The van der Waals surface area contributed by atoms with Gasteiger partial charge in [-0.3, -0.25) is 15.0 Å². The van der Waals surface area contributed by atoms with Gasteiger partial charge < -0.3 is 14.8 Å². The molecule has 0 radical (unpaired) electrons. The molecule has 0 fully saturated rings. The average Bonchev–Trinajstić information content (AvgIpc) is 2.93. The van der Waals surface area contributed by atoms with Crippen molar-refractivity contribution in [1.82, 2.24) is 15.5 Å². The summed E-state index contributed by atoms with van der Waals surface area (Å²) in [5, 5.41) is 5.01. The summed E-state index contributed by atoms with van der Waals surface area (Å²) >= 11 is 0. The summed E-state index contributed by atoms with van der Waals surface area (Å²) in [6, 6.07) is 5.24. The van der Waals surface area contributed by atoms with Crippen molar-refractivity contribution in [3.8, 4) is 11.5 Å². The van der Waals surface area contributed by atoms with Crippen LogP contribution >= 0.6 is 0 Å². The lowest BCUT2D eigenvalue weighted by molar-refractivity contribution is -0.120. The van der Waals surface area contributed by atoms with E-state index >= 15 is 0 Å². The number of amides is 3. The first-order valence-electron chi connectivity index (χ1n) is 8.09. The van der Waals surface area contributed by atoms with E-state index in [1.807, 2.05) is 30.1 Å². The molecule has 0 aliphatic carbocycles. The van der Waals surface area contributed by atoms with Crippen molar-refractivity contribution in [2.24, 2.45) is 5.92 Å². The van der Waals surface area contributed by atoms with Gasteiger partial charge in [-0.1, -0.05) is 19.9 Å². The summed E-state index contributed by atoms with van der Waals surface area (Å²) in [6.07, 6.45) is 0.881. The number of nitrogens with one attached hydrogen (secondary N) is 2. The molecule has 132 valence electrons. The molecule has 0 saturated carbocycles. The van der Waals surface area contributed by atoms with Gasteiger partial charge in [-0.15, -0.1) is 0 Å². The summed E-state index contributed by atoms with van der Waals surface area (Å²) in [6.45, 7) is 5.66. The van der Waals surface area contributed by atoms with Crippen LogP contribution in [-0.4, -0.2) is 43.8 Å². The van der Waals surface area contributed by atoms with Gasteiger partial charge in [0, 0.05) is 13.1 Å². The van der Waals surface area contributed by atoms with Crippen LogP contribution in [0.3, 0.4) is 0 Å². The van der Waals surface area contributed by atoms with Gasteiger partial charge in [-0.2, -0.15) is 0 Å². The fraction of sp³-hybridized carbons (Fsp3) is 0.529. The minimum absolute atomic E-state index is 0.131. The first-order chi connectivity index (χ1) is 11.4. The van der Waals surface area contributed by atoms with Crippen LogP contribution < -0.4 is 20.1 Å². The minimum atomic E-state index is -0.447. The minimum Gasteiger partial charge on any atom is -0.454 e. The molecule has 2 rings (SSSR count). The number of carbonyl (C=O) groups is 2. The van der Waals surface area contributed by atoms with E-state index in [2.05, 4.69) is 24.5 Å². The van der Waals surface area contributed by atoms with Crippen LogP contribution in [0.5, 0.6) is 11.5 Å². The van der Waals surface area contributed by atoms with E-state index in [1.54, 1.807) is 0 Å². The number of likely N-dealkylation sites (N-methyl/N-ethyl adjacent to an activating group) is 1. The van der Waals surface area contributed by atoms with E-state index in [9.17, 15) is 9.59 Å². The quantitative estimate of drug-likeness (QED) is 0.793. The number of rotatable bonds is 7. The molecule has 2 N–H and O–H groups in total. The highest BCUT2D eigenvalue weighted by Gasteiger charge is 2.15. The number of carbonyl (C=O) groups excluding carboxylic acids is 2. The first-order valence-corrected chi connectivity index (χ1v) is 8.09. The zero-order chi connectivity index (χ0) is 17.5. The van der Waals surface area contributed by atoms with Crippen LogP contribution in [0.1, 0.15) is 25.8 Å². The van der Waals surface area contributed by atoms with E-state index < -0.39 is 6.03 Å². The van der Waals surface area contributed by atoms with Crippen molar-refractivity contribution in [3.63, 3.8) is 0 Å². The van der Waals surface area contributed by atoms with Gasteiger partial charge in [0.15, 0.2) is 11.5 Å². The maximum atomic E-state index is 11.9. The molecule has 0 bridgehead atoms. The van der Waals surface area contributed by atoms with Gasteiger partial charge in [0.25, 0.3) is 0 Å². The van der Waals surface area contributed by atoms with Gasteiger partial charge in [-0.25, -0.2) is 4.79 Å². The van der Waals surface area contributed by atoms with Crippen LogP contribution in [0.4, 0.5) is 4.79 Å². The summed E-state index contributed by atoms with van der Waals surface area (Å²) in [7, 11) is 1.82. The Morgan fingerprint density at radius 2 is 2.00 bits per heavy atom. The number of hydrogen-bond acceptors (Lipinski definition) is 5. The Kier molecular flexibility index (Phi) is 6.43. The van der Waals surface area contributed by atoms with Gasteiger partial charge in [-0.05, 0) is 37.1 Å². The van der Waals surface area contributed by atoms with Crippen molar-refractivity contribution in [2.75, 3.05) is 26.9 Å². The molecule has 0 spiro atoms. The lowest BCUT2D eigenvalue weighted by Gasteiger charge is -2.16. The van der Waals surface area contributed by atoms with E-state index in [0.717, 1.165) is 23.5 Å². The van der Waals surface area contributed by atoms with Gasteiger partial charge >= 0.3 is 6.03 Å². The third-order valence-electron chi connectivity index (χ3n) is 3.56. The Labute approximate surface area is 142 Å². The highest BCUT2D eigenvalue weighted by Crippen LogP contribution is 2.32. The number of fused-ring (bicyclic) bond motifs is 1. The third kappa shape index (κ3) is 5.73. The molecular weight excluding hydrogens is 310 g/mol. The summed E-state index contributed by atoms with van der Waals surface area (Å²) < 4.78 is 10.6. The van der Waals surface area contributed by atoms with Crippen LogP contribution in [0.15, 0.2) is 18.2 Å². The fourth-order valence-electron chi connectivity index (χ4n) is 2.34. The summed E-state index contributed by atoms with van der Waals surface area (Å²) in [5.74, 6) is 1.63. The highest BCUT2D eigenvalue weighted by atomic mass is 16.7. The number of benzene rings is 1. The molecule has 7 heteroatoms. The van der Waals surface area contributed by atoms with Gasteiger partial charge in [0.2, 0.25) is 12.7 Å². The molecular formula is C17H25N3O4. The van der Waals surface area contributed by atoms with Crippen LogP contribution in [0.25, 0.3) is 0 Å². The van der Waals surface area contributed by atoms with Crippen molar-refractivity contribution in [2.45, 2.75) is 26.8 Å². The smallest absolute Gasteiger partial charge is 0.321 e. The lowest BCUT2D eigenvalue weighted by atomic mass is 10.1. The van der Waals surface area contributed by atoms with Crippen molar-refractivity contribution in [3.05, 3.63) is 23.8 Å². The van der Waals surface area contributed by atoms with Crippen molar-refractivity contribution >= 4 is 11.9 Å². The second-order valence-corrected chi connectivity index (χ2v) is 6.35. The van der Waals surface area contributed by atoms with Crippen molar-refractivity contribution < 1.29 is 19.1 Å². The molecule has 24 heavy (non-hydrogen) atoms. The average molecular weight is 335 g/mol. The molecule has 1 aliphatic heterocycles. The normalized spacial score (nSPS) is 12.5. The number of ether oxygens (including phenoxy) is 2. The number of urea groups is 1. The molecule has 1 heterocycles. The Morgan fingerprint density at radius 1 is 1.25 bits per heavy atom. The number of nitrogens with zero attached hydrogens (tertiary/aromatic N) is 1. The molecule has 1 aromatic rings.